The summed E-state index contributed by atoms with van der Waals surface area (Å²) < 4.78 is 44.4. The maximum atomic E-state index is 13.9. The average Bonchev–Trinajstić information content (AvgIpc) is 3.08. The van der Waals surface area contributed by atoms with Gasteiger partial charge in [-0.1, -0.05) is 0 Å². The molecule has 1 heterocycles. The lowest BCUT2D eigenvalue weighted by atomic mass is 10.2. The van der Waals surface area contributed by atoms with Crippen molar-refractivity contribution in [1.82, 2.24) is 9.62 Å². The van der Waals surface area contributed by atoms with E-state index in [0.29, 0.717) is 13.1 Å². The Balaban J connectivity index is 2.17. The second-order valence-electron chi connectivity index (χ2n) is 5.43. The number of rotatable bonds is 5. The normalized spacial score (nSPS) is 16.0. The van der Waals surface area contributed by atoms with Gasteiger partial charge in [0.2, 0.25) is 10.0 Å². The van der Waals surface area contributed by atoms with Gasteiger partial charge in [0.25, 0.3) is 5.91 Å². The van der Waals surface area contributed by atoms with Crippen molar-refractivity contribution in [3.63, 3.8) is 0 Å². The van der Waals surface area contributed by atoms with Gasteiger partial charge < -0.3 is 9.64 Å². The van der Waals surface area contributed by atoms with Crippen molar-refractivity contribution >= 4 is 21.9 Å². The summed E-state index contributed by atoms with van der Waals surface area (Å²) in [7, 11) is -2.63. The quantitative estimate of drug-likeness (QED) is 0.790. The van der Waals surface area contributed by atoms with Gasteiger partial charge in [0, 0.05) is 13.1 Å². The van der Waals surface area contributed by atoms with E-state index < -0.39 is 33.5 Å². The predicted molar refractivity (Wildman–Crippen MR) is 83.3 cm³/mol. The smallest absolute Gasteiger partial charge is 0.341 e. The van der Waals surface area contributed by atoms with Gasteiger partial charge in [-0.2, -0.15) is 0 Å². The fraction of sp³-hybridized carbons (Fsp3) is 0.467. The summed E-state index contributed by atoms with van der Waals surface area (Å²) in [5.41, 5.74) is -0.535. The first kappa shape index (κ1) is 18.3. The Morgan fingerprint density at radius 1 is 1.29 bits per heavy atom. The first-order valence-electron chi connectivity index (χ1n) is 7.49. The van der Waals surface area contributed by atoms with Gasteiger partial charge in [-0.05, 0) is 45.0 Å². The average molecular weight is 358 g/mol. The Hall–Kier alpha value is -2.00. The van der Waals surface area contributed by atoms with E-state index in [2.05, 4.69) is 4.72 Å². The van der Waals surface area contributed by atoms with Crippen molar-refractivity contribution in [2.75, 3.05) is 20.1 Å². The summed E-state index contributed by atoms with van der Waals surface area (Å²) in [6, 6.07) is 2.79. The van der Waals surface area contributed by atoms with Crippen LogP contribution in [0.3, 0.4) is 0 Å². The number of sulfonamides is 1. The molecule has 1 amide bonds. The van der Waals surface area contributed by atoms with Crippen LogP contribution in [0.15, 0.2) is 23.1 Å². The van der Waals surface area contributed by atoms with Crippen molar-refractivity contribution in [3.8, 4) is 0 Å². The van der Waals surface area contributed by atoms with E-state index in [1.807, 2.05) is 0 Å². The van der Waals surface area contributed by atoms with Gasteiger partial charge in [0.1, 0.15) is 5.82 Å². The molecule has 0 saturated carbocycles. The third kappa shape index (κ3) is 3.90. The fourth-order valence-electron chi connectivity index (χ4n) is 2.41. The fourth-order valence-corrected chi connectivity index (χ4v) is 3.17. The number of nitrogens with zero attached hydrogens (tertiary/aromatic N) is 1. The van der Waals surface area contributed by atoms with Gasteiger partial charge in [0.15, 0.2) is 6.10 Å². The third-order valence-corrected chi connectivity index (χ3v) is 5.20. The highest BCUT2D eigenvalue weighted by Crippen LogP contribution is 2.17. The zero-order chi connectivity index (χ0) is 17.9. The van der Waals surface area contributed by atoms with Crippen molar-refractivity contribution in [1.29, 1.82) is 0 Å². The minimum Gasteiger partial charge on any atom is -0.449 e. The van der Waals surface area contributed by atoms with Gasteiger partial charge >= 0.3 is 5.97 Å². The Labute approximate surface area is 139 Å². The molecule has 1 saturated heterocycles. The zero-order valence-electron chi connectivity index (χ0n) is 13.4. The third-order valence-electron chi connectivity index (χ3n) is 3.79. The minimum absolute atomic E-state index is 0.267. The van der Waals surface area contributed by atoms with Crippen LogP contribution >= 0.6 is 0 Å². The van der Waals surface area contributed by atoms with Crippen LogP contribution in [0.25, 0.3) is 0 Å². The highest BCUT2D eigenvalue weighted by atomic mass is 32.2. The van der Waals surface area contributed by atoms with Crippen LogP contribution in [-0.4, -0.2) is 51.4 Å². The highest BCUT2D eigenvalue weighted by molar-refractivity contribution is 7.89. The van der Waals surface area contributed by atoms with Crippen molar-refractivity contribution in [3.05, 3.63) is 29.6 Å². The van der Waals surface area contributed by atoms with Gasteiger partial charge in [-0.15, -0.1) is 0 Å². The molecule has 0 aromatic heterocycles. The summed E-state index contributed by atoms with van der Waals surface area (Å²) in [6.07, 6.45) is 0.718. The molecular formula is C15H19FN2O5S. The van der Waals surface area contributed by atoms with Crippen LogP contribution < -0.4 is 4.72 Å². The predicted octanol–water partition coefficient (Wildman–Crippen LogP) is 0.901. The van der Waals surface area contributed by atoms with E-state index in [4.69, 9.17) is 4.74 Å². The highest BCUT2D eigenvalue weighted by Gasteiger charge is 2.27. The summed E-state index contributed by atoms with van der Waals surface area (Å²) >= 11 is 0. The van der Waals surface area contributed by atoms with Gasteiger partial charge in [-0.25, -0.2) is 22.3 Å². The van der Waals surface area contributed by atoms with E-state index >= 15 is 0 Å². The second-order valence-corrected chi connectivity index (χ2v) is 7.32. The molecule has 0 radical (unpaired) electrons. The van der Waals surface area contributed by atoms with E-state index in [-0.39, 0.29) is 10.8 Å². The van der Waals surface area contributed by atoms with Crippen LogP contribution in [0.4, 0.5) is 4.39 Å². The monoisotopic (exact) mass is 358 g/mol. The molecule has 9 heteroatoms. The molecule has 1 atom stereocenters. The molecule has 1 aliphatic heterocycles. The summed E-state index contributed by atoms with van der Waals surface area (Å²) in [6.45, 7) is 2.61. The maximum Gasteiger partial charge on any atom is 0.341 e. The van der Waals surface area contributed by atoms with E-state index in [1.165, 1.54) is 14.0 Å². The summed E-state index contributed by atoms with van der Waals surface area (Å²) in [5, 5.41) is 0. The topological polar surface area (TPSA) is 92.8 Å². The molecule has 132 valence electrons. The molecule has 24 heavy (non-hydrogen) atoms. The molecule has 1 aromatic carbocycles. The second kappa shape index (κ2) is 7.27. The van der Waals surface area contributed by atoms with Crippen LogP contribution in [0.1, 0.15) is 30.1 Å². The molecule has 7 nitrogen and oxygen atoms in total. The van der Waals surface area contributed by atoms with Crippen molar-refractivity contribution < 1.29 is 27.1 Å². The van der Waals surface area contributed by atoms with Crippen LogP contribution in [0, 0.1) is 5.82 Å². The largest absolute Gasteiger partial charge is 0.449 e. The number of hydrogen-bond donors (Lipinski definition) is 1. The van der Waals surface area contributed by atoms with Crippen LogP contribution in [0.5, 0.6) is 0 Å². The molecule has 1 aromatic rings. The molecular weight excluding hydrogens is 339 g/mol. The number of carbonyl (C=O) groups excluding carboxylic acids is 2. The SMILES string of the molecule is CNS(=O)(=O)c1ccc(F)c(C(=O)OC(C)C(=O)N2CCCC2)c1. The molecule has 2 rings (SSSR count). The number of halogens is 1. The van der Waals surface area contributed by atoms with E-state index in [1.54, 1.807) is 4.90 Å². The van der Waals surface area contributed by atoms with Crippen LogP contribution in [-0.2, 0) is 19.6 Å². The number of esters is 1. The lowest BCUT2D eigenvalue weighted by molar-refractivity contribution is -0.138. The van der Waals surface area contributed by atoms with Crippen molar-refractivity contribution in [2.45, 2.75) is 30.8 Å². The van der Waals surface area contributed by atoms with Gasteiger partial charge in [-0.3, -0.25) is 4.79 Å². The Kier molecular flexibility index (Phi) is 5.55. The zero-order valence-corrected chi connectivity index (χ0v) is 14.2. The number of ether oxygens (including phenoxy) is 1. The van der Waals surface area contributed by atoms with E-state index in [9.17, 15) is 22.4 Å². The number of benzene rings is 1. The molecule has 1 fully saturated rings. The molecule has 0 aliphatic carbocycles. The minimum atomic E-state index is -3.83. The first-order valence-corrected chi connectivity index (χ1v) is 8.97. The standard InChI is InChI=1S/C15H19FN2O5S/c1-10(14(19)18-7-3-4-8-18)23-15(20)12-9-11(5-6-13(12)16)24(21,22)17-2/h5-6,9-10,17H,3-4,7-8H2,1-2H3. The number of likely N-dealkylation sites (tertiary alicyclic amines) is 1. The Morgan fingerprint density at radius 3 is 2.50 bits per heavy atom. The van der Waals surface area contributed by atoms with Crippen LogP contribution in [0.2, 0.25) is 0 Å². The number of nitrogens with one attached hydrogen (secondary N) is 1. The first-order chi connectivity index (χ1) is 11.3. The lowest BCUT2D eigenvalue weighted by Crippen LogP contribution is -2.38. The molecule has 0 spiro atoms. The molecule has 1 unspecified atom stereocenters. The molecule has 0 bridgehead atoms. The molecule has 1 aliphatic rings. The molecule has 1 N–H and O–H groups in total. The summed E-state index contributed by atoms with van der Waals surface area (Å²) in [4.78, 5) is 25.5. The number of amides is 1. The lowest BCUT2D eigenvalue weighted by Gasteiger charge is -2.20. The Bertz CT molecular complexity index is 744. The maximum absolute atomic E-state index is 13.9. The Morgan fingerprint density at radius 2 is 1.92 bits per heavy atom. The number of hydrogen-bond acceptors (Lipinski definition) is 5. The van der Waals surface area contributed by atoms with Gasteiger partial charge in [0.05, 0.1) is 10.5 Å². The number of carbonyl (C=O) groups is 2. The van der Waals surface area contributed by atoms with E-state index in [0.717, 1.165) is 31.0 Å². The van der Waals surface area contributed by atoms with Crippen molar-refractivity contribution in [2.24, 2.45) is 0 Å². The summed E-state index contributed by atoms with van der Waals surface area (Å²) in [5.74, 6) is -2.35.